The third-order valence-corrected chi connectivity index (χ3v) is 3.07. The van der Waals surface area contributed by atoms with Crippen molar-refractivity contribution in [3.8, 4) is 0 Å². The molecule has 1 aromatic carbocycles. The molecule has 1 N–H and O–H groups in total. The van der Waals surface area contributed by atoms with Crippen molar-refractivity contribution in [2.24, 2.45) is 5.92 Å². The fraction of sp³-hybridized carbons (Fsp3) is 0.533. The summed E-state index contributed by atoms with van der Waals surface area (Å²) in [5.74, 6) is 0.575. The van der Waals surface area contributed by atoms with Crippen LogP contribution in [0.2, 0.25) is 0 Å². The lowest BCUT2D eigenvalue weighted by atomic mass is 10.1. The predicted octanol–water partition coefficient (Wildman–Crippen LogP) is 2.67. The molecule has 0 aliphatic carbocycles. The second-order valence-corrected chi connectivity index (χ2v) is 5.37. The Bertz CT molecular complexity index is 368. The van der Waals surface area contributed by atoms with E-state index < -0.39 is 0 Å². The molecule has 0 aliphatic rings. The first-order chi connectivity index (χ1) is 9.13. The lowest BCUT2D eigenvalue weighted by molar-refractivity contribution is 0.202. The van der Waals surface area contributed by atoms with Gasteiger partial charge in [0.1, 0.15) is 0 Å². The highest BCUT2D eigenvalue weighted by Gasteiger charge is 2.11. The molecule has 0 fully saturated rings. The van der Waals surface area contributed by atoms with Crippen molar-refractivity contribution in [1.82, 2.24) is 10.2 Å². The van der Waals surface area contributed by atoms with Crippen molar-refractivity contribution in [3.63, 3.8) is 0 Å². The Morgan fingerprint density at radius 3 is 2.58 bits per heavy atom. The van der Waals surface area contributed by atoms with E-state index in [-0.39, 0.29) is 0 Å². The van der Waals surface area contributed by atoms with E-state index in [9.17, 15) is 0 Å². The van der Waals surface area contributed by atoms with Gasteiger partial charge >= 0.3 is 0 Å². The molecule has 1 rings (SSSR count). The van der Waals surface area contributed by atoms with Gasteiger partial charge in [0.05, 0.1) is 6.61 Å². The van der Waals surface area contributed by atoms with Crippen LogP contribution in [0.1, 0.15) is 19.4 Å². The molecule has 0 saturated carbocycles. The molecule has 0 saturated heterocycles. The molecule has 0 aliphatic heterocycles. The van der Waals surface area contributed by atoms with E-state index in [1.165, 1.54) is 5.56 Å². The number of nitrogens with one attached hydrogen (secondary N) is 1. The van der Waals surface area contributed by atoms with Gasteiger partial charge in [-0.25, -0.2) is 0 Å². The van der Waals surface area contributed by atoms with E-state index in [0.717, 1.165) is 24.7 Å². The third-order valence-electron chi connectivity index (χ3n) is 2.67. The fourth-order valence-electron chi connectivity index (χ4n) is 1.84. The second-order valence-electron chi connectivity index (χ2n) is 4.98. The first kappa shape index (κ1) is 15.9. The maximum atomic E-state index is 5.47. The molecule has 0 atom stereocenters. The molecule has 3 nitrogen and oxygen atoms in total. The zero-order valence-corrected chi connectivity index (χ0v) is 12.9. The number of ether oxygens (including phenoxy) is 1. The van der Waals surface area contributed by atoms with Crippen LogP contribution >= 0.6 is 12.2 Å². The summed E-state index contributed by atoms with van der Waals surface area (Å²) >= 11 is 5.47. The van der Waals surface area contributed by atoms with Crippen molar-refractivity contribution < 1.29 is 4.74 Å². The maximum absolute atomic E-state index is 5.47. The molecule has 0 amide bonds. The quantitative estimate of drug-likeness (QED) is 0.613. The topological polar surface area (TPSA) is 24.5 Å². The molecule has 106 valence electrons. The summed E-state index contributed by atoms with van der Waals surface area (Å²) in [5, 5.41) is 4.04. The summed E-state index contributed by atoms with van der Waals surface area (Å²) in [6.07, 6.45) is 0. The molecule has 0 radical (unpaired) electrons. The summed E-state index contributed by atoms with van der Waals surface area (Å²) in [6.45, 7) is 7.62. The van der Waals surface area contributed by atoms with Crippen LogP contribution in [0.25, 0.3) is 0 Å². The summed E-state index contributed by atoms with van der Waals surface area (Å²) in [5.41, 5.74) is 1.28. The molecule has 0 heterocycles. The van der Waals surface area contributed by atoms with E-state index in [1.54, 1.807) is 7.11 Å². The second kappa shape index (κ2) is 8.88. The largest absolute Gasteiger partial charge is 0.383 e. The van der Waals surface area contributed by atoms with Gasteiger partial charge in [0.25, 0.3) is 0 Å². The molecule has 4 heteroatoms. The first-order valence-corrected chi connectivity index (χ1v) is 7.10. The third kappa shape index (κ3) is 6.55. The summed E-state index contributed by atoms with van der Waals surface area (Å²) in [6, 6.07) is 10.4. The summed E-state index contributed by atoms with van der Waals surface area (Å²) in [7, 11) is 1.70. The number of thiocarbonyl (C=S) groups is 1. The van der Waals surface area contributed by atoms with Crippen molar-refractivity contribution in [2.75, 3.05) is 26.8 Å². The fourth-order valence-corrected chi connectivity index (χ4v) is 2.08. The molecule has 0 aromatic heterocycles. The van der Waals surface area contributed by atoms with E-state index in [1.807, 2.05) is 6.07 Å². The van der Waals surface area contributed by atoms with Gasteiger partial charge in [-0.1, -0.05) is 44.2 Å². The van der Waals surface area contributed by atoms with Gasteiger partial charge in [0, 0.05) is 26.7 Å². The molecule has 1 aromatic rings. The number of benzene rings is 1. The molecule has 0 unspecified atom stereocenters. The maximum Gasteiger partial charge on any atom is 0.169 e. The van der Waals surface area contributed by atoms with Gasteiger partial charge in [-0.2, -0.15) is 0 Å². The Hall–Kier alpha value is -1.13. The Morgan fingerprint density at radius 2 is 2.00 bits per heavy atom. The zero-order valence-electron chi connectivity index (χ0n) is 12.1. The van der Waals surface area contributed by atoms with Gasteiger partial charge in [0.2, 0.25) is 0 Å². The zero-order chi connectivity index (χ0) is 14.1. The Labute approximate surface area is 121 Å². The van der Waals surface area contributed by atoms with Crippen molar-refractivity contribution in [3.05, 3.63) is 35.9 Å². The predicted molar refractivity (Wildman–Crippen MR) is 84.2 cm³/mol. The number of methoxy groups -OCH3 is 1. The SMILES string of the molecule is COCCNC(=S)N(Cc1ccccc1)CC(C)C. The number of hydrogen-bond acceptors (Lipinski definition) is 2. The highest BCUT2D eigenvalue weighted by atomic mass is 32.1. The van der Waals surface area contributed by atoms with Crippen LogP contribution in [-0.2, 0) is 11.3 Å². The van der Waals surface area contributed by atoms with E-state index >= 15 is 0 Å². The average molecular weight is 280 g/mol. The minimum atomic E-state index is 0.575. The highest BCUT2D eigenvalue weighted by molar-refractivity contribution is 7.80. The normalized spacial score (nSPS) is 10.5. The van der Waals surface area contributed by atoms with Crippen LogP contribution in [0, 0.1) is 5.92 Å². The Balaban J connectivity index is 2.58. The number of nitrogens with zero attached hydrogens (tertiary/aromatic N) is 1. The summed E-state index contributed by atoms with van der Waals surface area (Å²) < 4.78 is 5.03. The van der Waals surface area contributed by atoms with Gasteiger partial charge in [-0.15, -0.1) is 0 Å². The molecule has 0 spiro atoms. The lowest BCUT2D eigenvalue weighted by Crippen LogP contribution is -2.42. The lowest BCUT2D eigenvalue weighted by Gasteiger charge is -2.27. The van der Waals surface area contributed by atoms with Crippen LogP contribution in [0.15, 0.2) is 30.3 Å². The average Bonchev–Trinajstić information content (AvgIpc) is 2.39. The van der Waals surface area contributed by atoms with Crippen molar-refractivity contribution in [1.29, 1.82) is 0 Å². The smallest absolute Gasteiger partial charge is 0.169 e. The van der Waals surface area contributed by atoms with Crippen LogP contribution < -0.4 is 5.32 Å². The van der Waals surface area contributed by atoms with Crippen LogP contribution in [0.4, 0.5) is 0 Å². The molecular formula is C15H24N2OS. The van der Waals surface area contributed by atoms with Crippen LogP contribution in [-0.4, -0.2) is 36.8 Å². The highest BCUT2D eigenvalue weighted by Crippen LogP contribution is 2.07. The molecule has 0 bridgehead atoms. The monoisotopic (exact) mass is 280 g/mol. The molecular weight excluding hydrogens is 256 g/mol. The van der Waals surface area contributed by atoms with E-state index in [0.29, 0.717) is 12.5 Å². The van der Waals surface area contributed by atoms with Gasteiger partial charge in [0.15, 0.2) is 5.11 Å². The Morgan fingerprint density at radius 1 is 1.32 bits per heavy atom. The number of hydrogen-bond donors (Lipinski definition) is 1. The number of rotatable bonds is 7. The van der Waals surface area contributed by atoms with E-state index in [4.69, 9.17) is 17.0 Å². The minimum absolute atomic E-state index is 0.575. The van der Waals surface area contributed by atoms with Crippen molar-refractivity contribution >= 4 is 17.3 Å². The minimum Gasteiger partial charge on any atom is -0.383 e. The molecule has 19 heavy (non-hydrogen) atoms. The standard InChI is InChI=1S/C15H24N2OS/c1-13(2)11-17(15(19)16-9-10-18-3)12-14-7-5-4-6-8-14/h4-8,13H,9-12H2,1-3H3,(H,16,19). The van der Waals surface area contributed by atoms with Crippen LogP contribution in [0.3, 0.4) is 0 Å². The van der Waals surface area contributed by atoms with Gasteiger partial charge in [-0.3, -0.25) is 0 Å². The van der Waals surface area contributed by atoms with Gasteiger partial charge in [-0.05, 0) is 23.7 Å². The van der Waals surface area contributed by atoms with Crippen LogP contribution in [0.5, 0.6) is 0 Å². The Kier molecular flexibility index (Phi) is 7.45. The van der Waals surface area contributed by atoms with Crippen molar-refractivity contribution in [2.45, 2.75) is 20.4 Å². The van der Waals surface area contributed by atoms with Gasteiger partial charge < -0.3 is 15.0 Å². The van der Waals surface area contributed by atoms with E-state index in [2.05, 4.69) is 48.3 Å². The summed E-state index contributed by atoms with van der Waals surface area (Å²) in [4.78, 5) is 2.21. The first-order valence-electron chi connectivity index (χ1n) is 6.69.